The molecule has 1 N–H and O–H groups in total. The van der Waals surface area contributed by atoms with Gasteiger partial charge >= 0.3 is 0 Å². The maximum absolute atomic E-state index is 4.05. The molecule has 0 saturated heterocycles. The molecule has 0 aromatic carbocycles. The lowest BCUT2D eigenvalue weighted by molar-refractivity contribution is 0.915. The van der Waals surface area contributed by atoms with Gasteiger partial charge in [-0.3, -0.25) is 0 Å². The summed E-state index contributed by atoms with van der Waals surface area (Å²) in [6.07, 6.45) is 8.12. The lowest BCUT2D eigenvalue weighted by Gasteiger charge is -1.93. The van der Waals surface area contributed by atoms with Crippen molar-refractivity contribution in [1.82, 2.24) is 5.32 Å². The van der Waals surface area contributed by atoms with Crippen LogP contribution in [0.25, 0.3) is 0 Å². The third-order valence-electron chi connectivity index (χ3n) is 1.03. The maximum Gasteiger partial charge on any atom is 0.0229 e. The van der Waals surface area contributed by atoms with Crippen molar-refractivity contribution < 1.29 is 0 Å². The Balaban J connectivity index is 2.96. The fourth-order valence-electron chi connectivity index (χ4n) is 0.529. The van der Waals surface area contributed by atoms with Crippen molar-refractivity contribution in [2.24, 2.45) is 0 Å². The summed E-state index contributed by atoms with van der Waals surface area (Å²) >= 11 is 4.05. The molecule has 0 aromatic rings. The van der Waals surface area contributed by atoms with Gasteiger partial charge in [0, 0.05) is 12.3 Å². The summed E-state index contributed by atoms with van der Waals surface area (Å²) in [6.45, 7) is 4.57. The van der Waals surface area contributed by atoms with Crippen LogP contribution in [-0.4, -0.2) is 12.3 Å². The zero-order valence-electron chi connectivity index (χ0n) is 6.21. The van der Waals surface area contributed by atoms with E-state index in [0.717, 1.165) is 25.1 Å². The van der Waals surface area contributed by atoms with Gasteiger partial charge in [0.1, 0.15) is 0 Å². The molecular formula is C8H15NS. The van der Waals surface area contributed by atoms with E-state index in [0.29, 0.717) is 0 Å². The molecular weight excluding hydrogens is 142 g/mol. The maximum atomic E-state index is 4.05. The number of hydrogen-bond acceptors (Lipinski definition) is 2. The highest BCUT2D eigenvalue weighted by Crippen LogP contribution is 1.88. The van der Waals surface area contributed by atoms with E-state index in [9.17, 15) is 0 Å². The number of allylic oxidation sites excluding steroid dienone is 2. The molecule has 0 aliphatic heterocycles. The summed E-state index contributed by atoms with van der Waals surface area (Å²) in [7, 11) is 0. The molecule has 0 bridgehead atoms. The first kappa shape index (κ1) is 9.63. The molecule has 0 fully saturated rings. The first-order valence-corrected chi connectivity index (χ1v) is 4.15. The number of hydrogen-bond donors (Lipinski definition) is 2. The normalized spacial score (nSPS) is 10.1. The van der Waals surface area contributed by atoms with Gasteiger partial charge in [-0.15, -0.1) is 6.58 Å². The Labute approximate surface area is 68.6 Å². The molecule has 2 heteroatoms. The summed E-state index contributed by atoms with van der Waals surface area (Å²) in [5, 5.41) is 3.10. The first-order valence-electron chi connectivity index (χ1n) is 3.52. The number of rotatable bonds is 6. The fraction of sp³-hybridized carbons (Fsp3) is 0.500. The quantitative estimate of drug-likeness (QED) is 0.341. The van der Waals surface area contributed by atoms with Crippen LogP contribution in [-0.2, 0) is 0 Å². The van der Waals surface area contributed by atoms with E-state index in [2.05, 4.69) is 30.6 Å². The Morgan fingerprint density at radius 2 is 2.20 bits per heavy atom. The van der Waals surface area contributed by atoms with Crippen molar-refractivity contribution in [2.45, 2.75) is 12.8 Å². The molecule has 0 aliphatic rings. The molecule has 10 heavy (non-hydrogen) atoms. The van der Waals surface area contributed by atoms with E-state index in [-0.39, 0.29) is 0 Å². The third kappa shape index (κ3) is 7.63. The van der Waals surface area contributed by atoms with Crippen molar-refractivity contribution >= 4 is 12.6 Å². The van der Waals surface area contributed by atoms with Gasteiger partial charge < -0.3 is 5.32 Å². The Morgan fingerprint density at radius 1 is 1.40 bits per heavy atom. The van der Waals surface area contributed by atoms with Crippen molar-refractivity contribution in [3.05, 3.63) is 24.9 Å². The topological polar surface area (TPSA) is 12.0 Å². The zero-order valence-corrected chi connectivity index (χ0v) is 7.11. The van der Waals surface area contributed by atoms with E-state index in [4.69, 9.17) is 0 Å². The molecule has 0 unspecified atom stereocenters. The second-order valence-electron chi connectivity index (χ2n) is 1.95. The van der Waals surface area contributed by atoms with Crippen molar-refractivity contribution in [1.29, 1.82) is 0 Å². The average Bonchev–Trinajstić information content (AvgIpc) is 1.97. The zero-order chi connectivity index (χ0) is 7.66. The van der Waals surface area contributed by atoms with E-state index in [1.165, 1.54) is 0 Å². The van der Waals surface area contributed by atoms with Gasteiger partial charge in [-0.2, -0.15) is 12.6 Å². The van der Waals surface area contributed by atoms with Crippen LogP contribution in [0, 0.1) is 0 Å². The molecule has 0 atom stereocenters. The SMILES string of the molecule is C=CCC/C=C\NCCS. The summed E-state index contributed by atoms with van der Waals surface area (Å²) < 4.78 is 0. The van der Waals surface area contributed by atoms with E-state index >= 15 is 0 Å². The summed E-state index contributed by atoms with van der Waals surface area (Å²) in [5.74, 6) is 0.881. The molecule has 0 heterocycles. The van der Waals surface area contributed by atoms with Crippen LogP contribution < -0.4 is 5.32 Å². The highest BCUT2D eigenvalue weighted by atomic mass is 32.1. The molecule has 0 spiro atoms. The second-order valence-corrected chi connectivity index (χ2v) is 2.39. The largest absolute Gasteiger partial charge is 0.390 e. The van der Waals surface area contributed by atoms with Crippen LogP contribution in [0.15, 0.2) is 24.9 Å². The standard InChI is InChI=1S/C8H15NS/c1-2-3-4-5-6-9-7-8-10/h2,5-6,9-10H,1,3-4,7-8H2/b6-5-. The molecule has 1 nitrogen and oxygen atoms in total. The van der Waals surface area contributed by atoms with Gasteiger partial charge in [0.25, 0.3) is 0 Å². The molecule has 0 saturated carbocycles. The van der Waals surface area contributed by atoms with Crippen molar-refractivity contribution in [3.63, 3.8) is 0 Å². The fourth-order valence-corrected chi connectivity index (χ4v) is 0.658. The molecule has 0 aliphatic carbocycles. The number of thiol groups is 1. The number of nitrogens with one attached hydrogen (secondary N) is 1. The van der Waals surface area contributed by atoms with Crippen LogP contribution in [0.2, 0.25) is 0 Å². The van der Waals surface area contributed by atoms with E-state index in [1.54, 1.807) is 0 Å². The molecule has 0 aromatic heterocycles. The second kappa shape index (κ2) is 8.63. The van der Waals surface area contributed by atoms with E-state index in [1.807, 2.05) is 12.3 Å². The predicted octanol–water partition coefficient (Wildman–Crippen LogP) is 1.99. The van der Waals surface area contributed by atoms with Gasteiger partial charge in [0.05, 0.1) is 0 Å². The highest BCUT2D eigenvalue weighted by molar-refractivity contribution is 7.80. The Bertz CT molecular complexity index is 99.4. The van der Waals surface area contributed by atoms with Gasteiger partial charge in [0.2, 0.25) is 0 Å². The Kier molecular flexibility index (Phi) is 8.31. The minimum atomic E-state index is 0.881. The lowest BCUT2D eigenvalue weighted by atomic mass is 10.3. The number of unbranched alkanes of at least 4 members (excludes halogenated alkanes) is 1. The van der Waals surface area contributed by atoms with Crippen molar-refractivity contribution in [3.8, 4) is 0 Å². The minimum Gasteiger partial charge on any atom is -0.390 e. The van der Waals surface area contributed by atoms with Crippen LogP contribution in [0.1, 0.15) is 12.8 Å². The van der Waals surface area contributed by atoms with Crippen LogP contribution in [0.4, 0.5) is 0 Å². The highest BCUT2D eigenvalue weighted by Gasteiger charge is 1.74. The summed E-state index contributed by atoms with van der Waals surface area (Å²) in [6, 6.07) is 0. The van der Waals surface area contributed by atoms with Crippen LogP contribution in [0.5, 0.6) is 0 Å². The molecule has 58 valence electrons. The smallest absolute Gasteiger partial charge is 0.0229 e. The van der Waals surface area contributed by atoms with Gasteiger partial charge in [-0.05, 0) is 19.0 Å². The molecule has 0 rings (SSSR count). The predicted molar refractivity (Wildman–Crippen MR) is 50.4 cm³/mol. The van der Waals surface area contributed by atoms with Gasteiger partial charge in [-0.1, -0.05) is 12.2 Å². The monoisotopic (exact) mass is 157 g/mol. The lowest BCUT2D eigenvalue weighted by Crippen LogP contribution is -2.07. The summed E-state index contributed by atoms with van der Waals surface area (Å²) in [4.78, 5) is 0. The average molecular weight is 157 g/mol. The Hall–Kier alpha value is -0.370. The van der Waals surface area contributed by atoms with Crippen LogP contribution >= 0.6 is 12.6 Å². The molecule has 0 amide bonds. The van der Waals surface area contributed by atoms with Gasteiger partial charge in [-0.25, -0.2) is 0 Å². The summed E-state index contributed by atoms with van der Waals surface area (Å²) in [5.41, 5.74) is 0. The first-order chi connectivity index (χ1) is 4.91. The third-order valence-corrected chi connectivity index (χ3v) is 1.25. The van der Waals surface area contributed by atoms with Crippen molar-refractivity contribution in [2.75, 3.05) is 12.3 Å². The minimum absolute atomic E-state index is 0.881. The Morgan fingerprint density at radius 3 is 2.80 bits per heavy atom. The molecule has 0 radical (unpaired) electrons. The van der Waals surface area contributed by atoms with Gasteiger partial charge in [0.15, 0.2) is 0 Å². The van der Waals surface area contributed by atoms with Crippen LogP contribution in [0.3, 0.4) is 0 Å². The van der Waals surface area contributed by atoms with E-state index < -0.39 is 0 Å².